The number of para-hydroxylation sites is 2. The van der Waals surface area contributed by atoms with Crippen molar-refractivity contribution in [2.45, 2.75) is 204 Å². The van der Waals surface area contributed by atoms with Gasteiger partial charge in [0.2, 0.25) is 17.5 Å². The summed E-state index contributed by atoms with van der Waals surface area (Å²) >= 11 is 0. The molecule has 2 aliphatic heterocycles. The number of nitrogens with one attached hydrogen (secondary N) is 4. The van der Waals surface area contributed by atoms with Crippen molar-refractivity contribution in [3.63, 3.8) is 0 Å². The molecular weight excluding hydrogens is 1660 g/mol. The van der Waals surface area contributed by atoms with Crippen LogP contribution in [0, 0.1) is 5.92 Å². The second kappa shape index (κ2) is 50.8. The van der Waals surface area contributed by atoms with Gasteiger partial charge in [0, 0.05) is 104 Å². The molecule has 4 amide bonds. The van der Waals surface area contributed by atoms with Crippen molar-refractivity contribution in [1.82, 2.24) is 21.3 Å². The molecule has 8 N–H and O–H groups in total. The smallest absolute Gasteiger partial charge is 0.425 e. The van der Waals surface area contributed by atoms with E-state index in [4.69, 9.17) is 44.7 Å². The molecule has 5 aromatic rings. The Balaban J connectivity index is 0.00000227. The molecule has 32 nitrogen and oxygen atoms in total. The third-order valence-electron chi connectivity index (χ3n) is 20.6. The van der Waals surface area contributed by atoms with Crippen LogP contribution in [0.2, 0.25) is 0 Å². The lowest BCUT2D eigenvalue weighted by atomic mass is 9.81. The Morgan fingerprint density at radius 3 is 1.73 bits per heavy atom. The summed E-state index contributed by atoms with van der Waals surface area (Å²) in [6, 6.07) is 37.2. The lowest BCUT2D eigenvalue weighted by Gasteiger charge is -2.28. The van der Waals surface area contributed by atoms with Crippen molar-refractivity contribution < 1.29 is 124 Å². The number of carboxylic acids is 3. The van der Waals surface area contributed by atoms with Gasteiger partial charge in [-0.1, -0.05) is 155 Å². The summed E-state index contributed by atoms with van der Waals surface area (Å²) in [5.74, 6) is -5.76. The number of carbonyl (C=O) groups is 8. The zero-order valence-electron chi connectivity index (χ0n) is 68.4. The molecule has 0 saturated carbocycles. The van der Waals surface area contributed by atoms with Gasteiger partial charge >= 0.3 is 51.3 Å². The molecule has 0 aromatic heterocycles. The van der Waals surface area contributed by atoms with Gasteiger partial charge < -0.3 is 50.8 Å². The molecule has 36 heteroatoms. The molecule has 0 radical (unpaired) electrons. The van der Waals surface area contributed by atoms with E-state index in [1.807, 2.05) is 78.9 Å². The monoisotopic (exact) mass is 1770 g/mol. The van der Waals surface area contributed by atoms with Gasteiger partial charge in [0.05, 0.1) is 27.3 Å². The zero-order valence-corrected chi connectivity index (χ0v) is 71.7. The van der Waals surface area contributed by atoms with E-state index in [0.717, 1.165) is 75.4 Å². The lowest BCUT2D eigenvalue weighted by molar-refractivity contribution is -0.438. The number of ketones is 2. The highest BCUT2D eigenvalue weighted by Crippen LogP contribution is 2.48. The predicted octanol–water partition coefficient (Wildman–Crippen LogP) is 9.89. The number of aliphatic carboxylic acids is 3. The molecule has 3 aliphatic rings. The largest absolute Gasteiger partial charge is 0.748 e. The number of urea groups is 1. The highest BCUT2D eigenvalue weighted by molar-refractivity contribution is 7.86. The van der Waals surface area contributed by atoms with Crippen LogP contribution in [0.15, 0.2) is 180 Å². The standard InChI is InChI=1S/C85H106N6O18S2.CO2.2O3S/c1-84(2)67-33-17-19-35-72(67)90(51-21-23-53-110(103,104)105)75(84)48-42-62-31-25-32-63(43-49-76-85(3,4)68-34-18-20-36-73(68)91(76)52-22-24-54-111(106,107)108)79(62)109-66-45-40-61(41-46-66)57-71(82(100)101)87-77(94)38-16-8-6-5-7-15-37-74(93)70(56-60-29-13-10-14-30-60)88-80(97)64(55-59-27-11-9-12-28-59)58-65(92)44-47-69(81(98)99)89-83(102)86-50-26-39-78(95)96;2-1-3;2*1-4(2)3/h9-14,17-20,27-30,33-36,40-43,45-46,48-49,64,69-71H,5-8,15-16,21-26,31-32,37-39,44,47,50-58H2,1-4H3,(H8-,86,87,88,89,94,95,96,97,98,99,100,101,102,103,104,105,106,107,108);;;/t64-,69+,70+,71+;;;/m1.../s1. The maximum absolute atomic E-state index is 14.3. The van der Waals surface area contributed by atoms with E-state index in [2.05, 4.69) is 101 Å². The fraction of sp³-hybridized carbons (Fsp3) is 0.442. The maximum atomic E-state index is 14.3. The first-order valence-corrected chi connectivity index (χ1v) is 45.0. The number of anilines is 1. The van der Waals surface area contributed by atoms with Crippen LogP contribution in [-0.2, 0) is 115 Å². The van der Waals surface area contributed by atoms with Crippen LogP contribution >= 0.6 is 0 Å². The molecule has 0 unspecified atom stereocenters. The van der Waals surface area contributed by atoms with Crippen molar-refractivity contribution in [1.29, 1.82) is 0 Å². The fourth-order valence-corrected chi connectivity index (χ4v) is 15.8. The first-order valence-electron chi connectivity index (χ1n) is 39.8. The fourth-order valence-electron chi connectivity index (χ4n) is 14.7. The van der Waals surface area contributed by atoms with Crippen LogP contribution in [0.1, 0.15) is 184 Å². The number of fused-ring (bicyclic) bond motifs is 2. The molecule has 660 valence electrons. The second-order valence-electron chi connectivity index (χ2n) is 30.4. The molecular formula is C86H106N6O26S4. The minimum absolute atomic E-state index is 0.00503. The van der Waals surface area contributed by atoms with Gasteiger partial charge in [-0.15, -0.1) is 25.3 Å². The molecule has 1 aliphatic carbocycles. The van der Waals surface area contributed by atoms with E-state index in [-0.39, 0.29) is 101 Å². The summed E-state index contributed by atoms with van der Waals surface area (Å²) < 4.78 is 128. The van der Waals surface area contributed by atoms with E-state index < -0.39 is 124 Å². The first-order chi connectivity index (χ1) is 57.7. The number of ether oxygens (including phenoxy) is 1. The Labute approximate surface area is 713 Å². The SMILES string of the molecule is CC1(C)C(=CC=C2CCCC(C=CC3=[N+](CCCCS(=O)(=O)O)c4ccccc4C3(C)C)=C2Oc2ccc(C[C@H](NC(=O)CCCCCCCCC(=O)[C@H](Cc3ccccc3)NC(=O)[C@@H](CC(=O)CC[C@H](NC(=O)NCCCC(=O)O)C(=O)O)Cc3ccccc3)C(=O)O)cc2)N(CCCCS(=O)(=O)[O-])c2ccccc21.O=C=O.O=S(=O)=O.O=S(=O)=O. The number of Topliss-reactive ketones (excluding diaryl/α,β-unsaturated/α-hetero) is 2. The number of rotatable bonds is 46. The maximum Gasteiger partial charge on any atom is 0.425 e. The van der Waals surface area contributed by atoms with Crippen molar-refractivity contribution in [2.24, 2.45) is 5.92 Å². The van der Waals surface area contributed by atoms with Crippen LogP contribution in [0.5, 0.6) is 5.75 Å². The highest BCUT2D eigenvalue weighted by atomic mass is 32.2. The number of hydrogen-bond acceptors (Lipinski definition) is 23. The minimum atomic E-state index is -4.39. The number of benzene rings is 5. The van der Waals surface area contributed by atoms with E-state index in [1.165, 1.54) is 0 Å². The number of nitrogens with zero attached hydrogens (tertiary/aromatic N) is 2. The predicted molar refractivity (Wildman–Crippen MR) is 448 cm³/mol. The number of hydrogen-bond donors (Lipinski definition) is 8. The molecule has 0 bridgehead atoms. The van der Waals surface area contributed by atoms with Gasteiger partial charge in [-0.05, 0) is 155 Å². The van der Waals surface area contributed by atoms with Gasteiger partial charge in [-0.25, -0.2) is 22.8 Å². The summed E-state index contributed by atoms with van der Waals surface area (Å²) in [5, 5.41) is 39.5. The molecule has 122 heavy (non-hydrogen) atoms. The molecule has 0 fully saturated rings. The normalized spacial score (nSPS) is 15.3. The zero-order chi connectivity index (χ0) is 90.2. The highest BCUT2D eigenvalue weighted by Gasteiger charge is 2.45. The summed E-state index contributed by atoms with van der Waals surface area (Å²) in [6.07, 6.45) is 15.8. The van der Waals surface area contributed by atoms with Gasteiger partial charge in [0.15, 0.2) is 11.5 Å². The quantitative estimate of drug-likeness (QED) is 0.0102. The Morgan fingerprint density at radius 1 is 0.582 bits per heavy atom. The van der Waals surface area contributed by atoms with E-state index in [0.29, 0.717) is 81.5 Å². The van der Waals surface area contributed by atoms with Gasteiger partial charge in [-0.2, -0.15) is 22.6 Å². The molecule has 4 atom stereocenters. The second-order valence-corrected chi connectivity index (χ2v) is 34.3. The van der Waals surface area contributed by atoms with Crippen LogP contribution in [-0.4, -0.2) is 180 Å². The number of carbonyl (C=O) groups excluding carboxylic acids is 7. The minimum Gasteiger partial charge on any atom is -0.748 e. The first kappa shape index (κ1) is 101. The van der Waals surface area contributed by atoms with Crippen molar-refractivity contribution in [3.8, 4) is 5.75 Å². The summed E-state index contributed by atoms with van der Waals surface area (Å²) in [4.78, 5) is 122. The van der Waals surface area contributed by atoms with Crippen LogP contribution < -0.4 is 30.9 Å². The summed E-state index contributed by atoms with van der Waals surface area (Å²) in [7, 11) is -14.7. The van der Waals surface area contributed by atoms with E-state index in [9.17, 15) is 74.5 Å². The van der Waals surface area contributed by atoms with Gasteiger partial charge in [0.1, 0.15) is 35.9 Å². The number of allylic oxidation sites excluding steroid dienone is 7. The lowest BCUT2D eigenvalue weighted by Crippen LogP contribution is -2.46. The number of carboxylic acid groups (broad SMARTS) is 3. The summed E-state index contributed by atoms with van der Waals surface area (Å²) in [5.41, 5.74) is 9.34. The van der Waals surface area contributed by atoms with Crippen molar-refractivity contribution >= 4 is 112 Å². The van der Waals surface area contributed by atoms with Crippen LogP contribution in [0.4, 0.5) is 16.2 Å². The number of unbranched alkanes of at least 4 members (excludes halogenated alkanes) is 7. The van der Waals surface area contributed by atoms with E-state index in [1.54, 1.807) is 36.4 Å². The average molecular weight is 1770 g/mol. The summed E-state index contributed by atoms with van der Waals surface area (Å²) in [6.45, 7) is 9.58. The molecule has 2 heterocycles. The van der Waals surface area contributed by atoms with Gasteiger partial charge in [0.25, 0.3) is 10.1 Å². The Hall–Kier alpha value is -11.3. The third-order valence-corrected chi connectivity index (χ3v) is 22.2. The Morgan fingerprint density at radius 2 is 1.13 bits per heavy atom. The molecule has 8 rings (SSSR count). The van der Waals surface area contributed by atoms with Crippen LogP contribution in [0.25, 0.3) is 0 Å². The van der Waals surface area contributed by atoms with Gasteiger partial charge in [-0.3, -0.25) is 28.5 Å². The Kier molecular flexibility index (Phi) is 42.2. The molecule has 0 spiro atoms. The molecule has 5 aromatic carbocycles. The molecule has 0 saturated heterocycles. The van der Waals surface area contributed by atoms with E-state index >= 15 is 0 Å². The number of amides is 4. The van der Waals surface area contributed by atoms with Crippen molar-refractivity contribution in [2.75, 3.05) is 36.0 Å². The topological polar surface area (TPSA) is 509 Å². The van der Waals surface area contributed by atoms with Crippen molar-refractivity contribution in [3.05, 3.63) is 208 Å². The Bertz CT molecular complexity index is 5090. The third kappa shape index (κ3) is 35.8. The van der Waals surface area contributed by atoms with Crippen LogP contribution in [0.3, 0.4) is 0 Å². The average Bonchev–Trinajstić information content (AvgIpc) is 1.60.